The number of hydrogen-bond acceptors (Lipinski definition) is 5. The molecule has 1 N–H and O–H groups in total. The Kier molecular flexibility index (Phi) is 6.66. The van der Waals surface area contributed by atoms with Gasteiger partial charge < -0.3 is 10.1 Å². The molecule has 0 saturated carbocycles. The number of nitrogens with one attached hydrogen (secondary N) is 1. The molecule has 8 heteroatoms. The van der Waals surface area contributed by atoms with Crippen LogP contribution in [0, 0.1) is 5.82 Å². The van der Waals surface area contributed by atoms with Gasteiger partial charge in [0.2, 0.25) is 5.91 Å². The van der Waals surface area contributed by atoms with Gasteiger partial charge in [0.05, 0.1) is 18.4 Å². The summed E-state index contributed by atoms with van der Waals surface area (Å²) in [5.41, 5.74) is 1.43. The van der Waals surface area contributed by atoms with Crippen molar-refractivity contribution < 1.29 is 23.5 Å². The largest absolute Gasteiger partial charge is 0.497 e. The third kappa shape index (κ3) is 5.45. The smallest absolute Gasteiger partial charge is 0.293 e. The van der Waals surface area contributed by atoms with Gasteiger partial charge in [-0.1, -0.05) is 24.3 Å². The highest BCUT2D eigenvalue weighted by atomic mass is 32.2. The van der Waals surface area contributed by atoms with Gasteiger partial charge >= 0.3 is 0 Å². The fraction of sp³-hybridized carbons (Fsp3) is 0.190. The molecule has 1 aliphatic heterocycles. The van der Waals surface area contributed by atoms with Crippen molar-refractivity contribution in [2.75, 3.05) is 20.2 Å². The number of ether oxygens (including phenoxy) is 1. The second kappa shape index (κ2) is 9.38. The summed E-state index contributed by atoms with van der Waals surface area (Å²) in [5, 5.41) is 2.31. The van der Waals surface area contributed by atoms with E-state index >= 15 is 0 Å². The molecule has 0 atom stereocenters. The molecule has 1 aliphatic rings. The number of thioether (sulfide) groups is 1. The number of methoxy groups -OCH3 is 1. The van der Waals surface area contributed by atoms with Crippen molar-refractivity contribution in [1.82, 2.24) is 10.2 Å². The minimum Gasteiger partial charge on any atom is -0.497 e. The molecule has 0 spiro atoms. The summed E-state index contributed by atoms with van der Waals surface area (Å²) in [5.74, 6) is -0.348. The second-order valence-corrected chi connectivity index (χ2v) is 7.26. The molecule has 3 amide bonds. The monoisotopic (exact) mass is 414 g/mol. The standard InChI is InChI=1S/C21H19FN2O4S/c1-28-17-4-2-3-15(11-17)13-19(25)23-9-10-24-20(26)18(29-21(24)27)12-14-5-7-16(22)8-6-14/h2-8,11-12H,9-10,13H2,1H3,(H,23,25)/b18-12-. The summed E-state index contributed by atoms with van der Waals surface area (Å²) in [6, 6.07) is 12.8. The van der Waals surface area contributed by atoms with Crippen LogP contribution < -0.4 is 10.1 Å². The Morgan fingerprint density at radius 2 is 1.97 bits per heavy atom. The fourth-order valence-electron chi connectivity index (χ4n) is 2.74. The van der Waals surface area contributed by atoms with Crippen molar-refractivity contribution in [1.29, 1.82) is 0 Å². The highest BCUT2D eigenvalue weighted by molar-refractivity contribution is 8.18. The molecule has 1 fully saturated rings. The van der Waals surface area contributed by atoms with Crippen molar-refractivity contribution in [2.45, 2.75) is 6.42 Å². The highest BCUT2D eigenvalue weighted by Gasteiger charge is 2.34. The van der Waals surface area contributed by atoms with Crippen molar-refractivity contribution in [3.8, 4) is 5.75 Å². The van der Waals surface area contributed by atoms with E-state index in [9.17, 15) is 18.8 Å². The van der Waals surface area contributed by atoms with Crippen LogP contribution in [0.25, 0.3) is 6.08 Å². The lowest BCUT2D eigenvalue weighted by molar-refractivity contribution is -0.124. The Balaban J connectivity index is 1.52. The van der Waals surface area contributed by atoms with Crippen LogP contribution in [0.5, 0.6) is 5.75 Å². The van der Waals surface area contributed by atoms with E-state index in [-0.39, 0.29) is 36.1 Å². The zero-order valence-electron chi connectivity index (χ0n) is 15.7. The Labute approximate surface area is 171 Å². The summed E-state index contributed by atoms with van der Waals surface area (Å²) in [6.07, 6.45) is 1.72. The molecule has 3 rings (SSSR count). The van der Waals surface area contributed by atoms with E-state index < -0.39 is 11.1 Å². The Hall–Kier alpha value is -3.13. The maximum absolute atomic E-state index is 13.0. The Bertz CT molecular complexity index is 959. The molecular weight excluding hydrogens is 395 g/mol. The number of amides is 3. The van der Waals surface area contributed by atoms with Gasteiger partial charge in [0.1, 0.15) is 11.6 Å². The predicted molar refractivity (Wildman–Crippen MR) is 109 cm³/mol. The summed E-state index contributed by atoms with van der Waals surface area (Å²) in [4.78, 5) is 38.0. The summed E-state index contributed by atoms with van der Waals surface area (Å²) in [6.45, 7) is 0.236. The van der Waals surface area contributed by atoms with E-state index in [0.717, 1.165) is 22.2 Å². The van der Waals surface area contributed by atoms with E-state index in [4.69, 9.17) is 4.74 Å². The van der Waals surface area contributed by atoms with E-state index in [1.807, 2.05) is 6.07 Å². The van der Waals surface area contributed by atoms with E-state index in [1.54, 1.807) is 31.4 Å². The molecule has 6 nitrogen and oxygen atoms in total. The zero-order valence-corrected chi connectivity index (χ0v) is 16.5. The number of imide groups is 1. The maximum Gasteiger partial charge on any atom is 0.293 e. The van der Waals surface area contributed by atoms with Gasteiger partial charge in [0.25, 0.3) is 11.1 Å². The Morgan fingerprint density at radius 3 is 2.69 bits per heavy atom. The van der Waals surface area contributed by atoms with Crippen LogP contribution >= 0.6 is 11.8 Å². The van der Waals surface area contributed by atoms with Gasteiger partial charge in [-0.05, 0) is 53.2 Å². The first-order valence-corrected chi connectivity index (χ1v) is 9.68. The first-order valence-electron chi connectivity index (χ1n) is 8.87. The van der Waals surface area contributed by atoms with Crippen LogP contribution in [0.4, 0.5) is 9.18 Å². The molecule has 1 heterocycles. The van der Waals surface area contributed by atoms with Crippen molar-refractivity contribution in [2.24, 2.45) is 0 Å². The lowest BCUT2D eigenvalue weighted by Crippen LogP contribution is -2.37. The summed E-state index contributed by atoms with van der Waals surface area (Å²) in [7, 11) is 1.56. The van der Waals surface area contributed by atoms with E-state index in [0.29, 0.717) is 11.3 Å². The number of benzene rings is 2. The van der Waals surface area contributed by atoms with Crippen molar-refractivity contribution >= 4 is 34.9 Å². The molecule has 2 aromatic carbocycles. The lowest BCUT2D eigenvalue weighted by atomic mass is 10.1. The second-order valence-electron chi connectivity index (χ2n) is 6.26. The van der Waals surface area contributed by atoms with Crippen LogP contribution in [0.2, 0.25) is 0 Å². The minimum atomic E-state index is -0.425. The lowest BCUT2D eigenvalue weighted by Gasteiger charge is -2.13. The average molecular weight is 414 g/mol. The maximum atomic E-state index is 13.0. The van der Waals surface area contributed by atoms with Crippen molar-refractivity contribution in [3.05, 3.63) is 70.4 Å². The third-order valence-corrected chi connectivity index (χ3v) is 5.11. The number of carbonyl (C=O) groups excluding carboxylic acids is 3. The molecule has 0 radical (unpaired) electrons. The molecule has 2 aromatic rings. The van der Waals surface area contributed by atoms with E-state index in [1.165, 1.54) is 24.3 Å². The first-order chi connectivity index (χ1) is 14.0. The predicted octanol–water partition coefficient (Wildman–Crippen LogP) is 3.23. The third-order valence-electron chi connectivity index (χ3n) is 4.20. The number of halogens is 1. The van der Waals surface area contributed by atoms with Crippen LogP contribution in [0.1, 0.15) is 11.1 Å². The molecule has 1 saturated heterocycles. The quantitative estimate of drug-likeness (QED) is 0.704. The van der Waals surface area contributed by atoms with Crippen LogP contribution in [-0.2, 0) is 16.0 Å². The van der Waals surface area contributed by atoms with Gasteiger partial charge in [0.15, 0.2) is 0 Å². The summed E-state index contributed by atoms with van der Waals surface area (Å²) < 4.78 is 18.1. The molecule has 0 aliphatic carbocycles. The van der Waals surface area contributed by atoms with E-state index in [2.05, 4.69) is 5.32 Å². The molecule has 0 bridgehead atoms. The van der Waals surface area contributed by atoms with Crippen molar-refractivity contribution in [3.63, 3.8) is 0 Å². The molecule has 29 heavy (non-hydrogen) atoms. The normalized spacial score (nSPS) is 15.1. The zero-order chi connectivity index (χ0) is 20.8. The van der Waals surface area contributed by atoms with Gasteiger partial charge in [0, 0.05) is 13.1 Å². The average Bonchev–Trinajstić information content (AvgIpc) is 2.97. The van der Waals surface area contributed by atoms with Crippen LogP contribution in [0.15, 0.2) is 53.4 Å². The van der Waals surface area contributed by atoms with Gasteiger partial charge in [-0.15, -0.1) is 0 Å². The number of carbonyl (C=O) groups is 3. The first kappa shape index (κ1) is 20.6. The SMILES string of the molecule is COc1cccc(CC(=O)NCCN2C(=O)S/C(=C\c3ccc(F)cc3)C2=O)c1. The number of nitrogens with zero attached hydrogens (tertiary/aromatic N) is 1. The fourth-order valence-corrected chi connectivity index (χ4v) is 3.61. The van der Waals surface area contributed by atoms with Gasteiger partial charge in [-0.3, -0.25) is 19.3 Å². The van der Waals surface area contributed by atoms with Gasteiger partial charge in [-0.25, -0.2) is 4.39 Å². The minimum absolute atomic E-state index is 0.0786. The Morgan fingerprint density at radius 1 is 1.21 bits per heavy atom. The van der Waals surface area contributed by atoms with Crippen LogP contribution in [-0.4, -0.2) is 42.2 Å². The molecule has 0 aromatic heterocycles. The highest BCUT2D eigenvalue weighted by Crippen LogP contribution is 2.31. The number of hydrogen-bond donors (Lipinski definition) is 1. The van der Waals surface area contributed by atoms with Gasteiger partial charge in [-0.2, -0.15) is 0 Å². The topological polar surface area (TPSA) is 75.7 Å². The van der Waals surface area contributed by atoms with Crippen LogP contribution in [0.3, 0.4) is 0 Å². The molecule has 0 unspecified atom stereocenters. The molecular formula is C21H19FN2O4S. The summed E-state index contributed by atoms with van der Waals surface area (Å²) >= 11 is 0.825. The number of rotatable bonds is 7. The molecule has 150 valence electrons.